The molecule has 1 aliphatic heterocycles. The molecule has 6 heteroatoms. The van der Waals surface area contributed by atoms with Crippen molar-refractivity contribution < 1.29 is 4.39 Å². The van der Waals surface area contributed by atoms with Gasteiger partial charge in [0.15, 0.2) is 5.11 Å². The molecule has 0 saturated carbocycles. The Morgan fingerprint density at radius 2 is 2.00 bits per heavy atom. The van der Waals surface area contributed by atoms with E-state index >= 15 is 0 Å². The van der Waals surface area contributed by atoms with E-state index < -0.39 is 0 Å². The molecule has 0 spiro atoms. The first kappa shape index (κ1) is 18.6. The third kappa shape index (κ3) is 3.29. The number of hydrogen-bond acceptors (Lipinski definition) is 2. The fraction of sp³-hybridized carbons (Fsp3) is 0.273. The summed E-state index contributed by atoms with van der Waals surface area (Å²) in [5.41, 5.74) is 3.53. The minimum atomic E-state index is -0.217. The lowest BCUT2D eigenvalue weighted by atomic mass is 9.98. The predicted octanol–water partition coefficient (Wildman–Crippen LogP) is 5.09. The number of pyridine rings is 1. The van der Waals surface area contributed by atoms with Crippen LogP contribution in [0.3, 0.4) is 0 Å². The van der Waals surface area contributed by atoms with Gasteiger partial charge in [0.1, 0.15) is 5.82 Å². The zero-order valence-corrected chi connectivity index (χ0v) is 16.9. The Bertz CT molecular complexity index is 999. The van der Waals surface area contributed by atoms with Crippen molar-refractivity contribution in [1.82, 2.24) is 14.9 Å². The maximum Gasteiger partial charge on any atom is 0.174 e. The molecule has 2 aromatic heterocycles. The van der Waals surface area contributed by atoms with Crippen LogP contribution in [0.2, 0.25) is 0 Å². The minimum Gasteiger partial charge on any atom is -0.351 e. The summed E-state index contributed by atoms with van der Waals surface area (Å²) >= 11 is 5.70. The summed E-state index contributed by atoms with van der Waals surface area (Å²) in [4.78, 5) is 6.63. The van der Waals surface area contributed by atoms with E-state index in [1.165, 1.54) is 6.07 Å². The number of rotatable bonds is 4. The van der Waals surface area contributed by atoms with Crippen LogP contribution in [0.5, 0.6) is 0 Å². The quantitative estimate of drug-likeness (QED) is 0.625. The molecule has 1 saturated heterocycles. The van der Waals surface area contributed by atoms with E-state index in [4.69, 9.17) is 12.2 Å². The van der Waals surface area contributed by atoms with E-state index in [2.05, 4.69) is 52.1 Å². The molecular weight excluding hydrogens is 371 g/mol. The molecule has 144 valence electrons. The van der Waals surface area contributed by atoms with Gasteiger partial charge in [0.25, 0.3) is 0 Å². The third-order valence-corrected chi connectivity index (χ3v) is 5.51. The lowest BCUT2D eigenvalue weighted by Crippen LogP contribution is -2.29. The molecule has 28 heavy (non-hydrogen) atoms. The Labute approximate surface area is 170 Å². The number of hydrogen-bond donors (Lipinski definition) is 1. The molecular formula is C22H23FN4S. The Morgan fingerprint density at radius 1 is 1.18 bits per heavy atom. The van der Waals surface area contributed by atoms with Crippen LogP contribution < -0.4 is 10.2 Å². The second-order valence-electron chi connectivity index (χ2n) is 7.42. The Morgan fingerprint density at radius 3 is 2.64 bits per heavy atom. The van der Waals surface area contributed by atoms with Gasteiger partial charge in [0.2, 0.25) is 0 Å². The van der Waals surface area contributed by atoms with Crippen molar-refractivity contribution in [2.24, 2.45) is 0 Å². The molecule has 0 bridgehead atoms. The van der Waals surface area contributed by atoms with E-state index in [0.29, 0.717) is 16.7 Å². The number of nitrogens with zero attached hydrogens (tertiary/aromatic N) is 3. The molecule has 0 radical (unpaired) electrons. The SMILES string of the molecule is Cc1cc(N2C(=S)N[C@H](c3ccccn3)[C@@H]2c2ccn(C(C)C)c2)ccc1F. The van der Waals surface area contributed by atoms with Crippen LogP contribution in [0, 0.1) is 12.7 Å². The van der Waals surface area contributed by atoms with Gasteiger partial charge in [0, 0.05) is 30.3 Å². The summed E-state index contributed by atoms with van der Waals surface area (Å²) in [6.07, 6.45) is 6.04. The van der Waals surface area contributed by atoms with Crippen LogP contribution in [0.25, 0.3) is 0 Å². The molecule has 1 aromatic carbocycles. The molecule has 2 atom stereocenters. The van der Waals surface area contributed by atoms with Crippen LogP contribution in [0.15, 0.2) is 61.1 Å². The third-order valence-electron chi connectivity index (χ3n) is 5.19. The molecule has 1 aliphatic rings. The van der Waals surface area contributed by atoms with Crippen molar-refractivity contribution >= 4 is 23.0 Å². The summed E-state index contributed by atoms with van der Waals surface area (Å²) in [6, 6.07) is 13.3. The number of thiocarbonyl (C=S) groups is 1. The van der Waals surface area contributed by atoms with Gasteiger partial charge in [-0.05, 0) is 80.5 Å². The lowest BCUT2D eigenvalue weighted by Gasteiger charge is -2.27. The zero-order chi connectivity index (χ0) is 19.8. The van der Waals surface area contributed by atoms with E-state index in [-0.39, 0.29) is 17.9 Å². The van der Waals surface area contributed by atoms with Crippen LogP contribution in [0.1, 0.15) is 48.8 Å². The zero-order valence-electron chi connectivity index (χ0n) is 16.1. The maximum absolute atomic E-state index is 13.9. The first-order chi connectivity index (χ1) is 13.5. The average molecular weight is 395 g/mol. The maximum atomic E-state index is 13.9. The molecule has 4 rings (SSSR count). The number of nitrogens with one attached hydrogen (secondary N) is 1. The van der Waals surface area contributed by atoms with Crippen molar-refractivity contribution in [3.05, 3.63) is 83.7 Å². The minimum absolute atomic E-state index is 0.0766. The summed E-state index contributed by atoms with van der Waals surface area (Å²) in [6.45, 7) is 6.07. The number of halogens is 1. The number of aromatic nitrogens is 2. The largest absolute Gasteiger partial charge is 0.351 e. The molecule has 3 aromatic rings. The second-order valence-corrected chi connectivity index (χ2v) is 7.80. The fourth-order valence-corrected chi connectivity index (χ4v) is 4.02. The van der Waals surface area contributed by atoms with Crippen LogP contribution in [-0.2, 0) is 0 Å². The van der Waals surface area contributed by atoms with Crippen molar-refractivity contribution in [3.63, 3.8) is 0 Å². The van der Waals surface area contributed by atoms with Gasteiger partial charge in [-0.3, -0.25) is 4.98 Å². The van der Waals surface area contributed by atoms with E-state index in [1.807, 2.05) is 24.3 Å². The lowest BCUT2D eigenvalue weighted by molar-refractivity contribution is 0.559. The number of aryl methyl sites for hydroxylation is 1. The highest BCUT2D eigenvalue weighted by molar-refractivity contribution is 7.80. The van der Waals surface area contributed by atoms with Crippen molar-refractivity contribution in [1.29, 1.82) is 0 Å². The van der Waals surface area contributed by atoms with Gasteiger partial charge < -0.3 is 14.8 Å². The summed E-state index contributed by atoms with van der Waals surface area (Å²) in [5.74, 6) is -0.217. The van der Waals surface area contributed by atoms with Gasteiger partial charge in [-0.25, -0.2) is 4.39 Å². The Balaban J connectivity index is 1.82. The molecule has 4 nitrogen and oxygen atoms in total. The Kier molecular flexibility index (Phi) is 4.89. The number of anilines is 1. The molecule has 0 amide bonds. The predicted molar refractivity (Wildman–Crippen MR) is 114 cm³/mol. The van der Waals surface area contributed by atoms with Crippen LogP contribution >= 0.6 is 12.2 Å². The molecule has 3 heterocycles. The second kappa shape index (κ2) is 7.36. The van der Waals surface area contributed by atoms with E-state index in [0.717, 1.165) is 16.9 Å². The van der Waals surface area contributed by atoms with Crippen molar-refractivity contribution in [2.75, 3.05) is 4.90 Å². The highest BCUT2D eigenvalue weighted by atomic mass is 32.1. The highest BCUT2D eigenvalue weighted by Crippen LogP contribution is 2.42. The van der Waals surface area contributed by atoms with Crippen molar-refractivity contribution in [2.45, 2.75) is 38.9 Å². The number of benzene rings is 1. The molecule has 0 aliphatic carbocycles. The van der Waals surface area contributed by atoms with Crippen LogP contribution in [0.4, 0.5) is 10.1 Å². The highest BCUT2D eigenvalue weighted by Gasteiger charge is 2.41. The molecule has 0 unspecified atom stereocenters. The Hall–Kier alpha value is -2.73. The smallest absolute Gasteiger partial charge is 0.174 e. The van der Waals surface area contributed by atoms with Gasteiger partial charge in [-0.1, -0.05) is 6.07 Å². The average Bonchev–Trinajstić information content (AvgIpc) is 3.29. The molecule has 1 N–H and O–H groups in total. The normalized spacial score (nSPS) is 19.3. The van der Waals surface area contributed by atoms with Crippen LogP contribution in [-0.4, -0.2) is 14.7 Å². The van der Waals surface area contributed by atoms with Gasteiger partial charge in [-0.15, -0.1) is 0 Å². The topological polar surface area (TPSA) is 33.1 Å². The van der Waals surface area contributed by atoms with E-state index in [9.17, 15) is 4.39 Å². The van der Waals surface area contributed by atoms with Gasteiger partial charge >= 0.3 is 0 Å². The molecule has 1 fully saturated rings. The summed E-state index contributed by atoms with van der Waals surface area (Å²) in [7, 11) is 0. The monoisotopic (exact) mass is 394 g/mol. The first-order valence-electron chi connectivity index (χ1n) is 9.40. The van der Waals surface area contributed by atoms with Gasteiger partial charge in [-0.2, -0.15) is 0 Å². The van der Waals surface area contributed by atoms with E-state index in [1.54, 1.807) is 19.2 Å². The fourth-order valence-electron chi connectivity index (χ4n) is 3.68. The first-order valence-corrected chi connectivity index (χ1v) is 9.80. The summed E-state index contributed by atoms with van der Waals surface area (Å²) in [5, 5.41) is 4.05. The summed E-state index contributed by atoms with van der Waals surface area (Å²) < 4.78 is 16.0. The van der Waals surface area contributed by atoms with Gasteiger partial charge in [0.05, 0.1) is 17.8 Å². The standard InChI is InChI=1S/C22H23FN4S/c1-14(2)26-11-9-16(13-26)21-20(19-6-4-5-10-24-19)25-22(28)27(21)17-7-8-18(23)15(3)12-17/h4-14,20-21H,1-3H3,(H,25,28)/t20-,21+/m1/s1. The van der Waals surface area contributed by atoms with Crippen molar-refractivity contribution in [3.8, 4) is 0 Å².